The fourth-order valence-electron chi connectivity index (χ4n) is 2.68. The molecule has 19 heavy (non-hydrogen) atoms. The van der Waals surface area contributed by atoms with Crippen molar-refractivity contribution < 1.29 is 14.3 Å². The quantitative estimate of drug-likeness (QED) is 0.586. The van der Waals surface area contributed by atoms with Crippen molar-refractivity contribution in [2.45, 2.75) is 46.1 Å². The van der Waals surface area contributed by atoms with E-state index in [9.17, 15) is 9.59 Å². The van der Waals surface area contributed by atoms with E-state index in [2.05, 4.69) is 0 Å². The van der Waals surface area contributed by atoms with Crippen molar-refractivity contribution in [3.63, 3.8) is 0 Å². The molecular formula is C15H17ClO3. The second-order valence-electron chi connectivity index (χ2n) is 5.59. The fourth-order valence-corrected chi connectivity index (χ4v) is 2.84. The standard InChI is InChI=1S/C15H17ClO3/c1-7-6-8(2)12(16)9(3)10(7)11-13(17)15(4,5)19-14(11)18/h6,11H,1-5H3. The molecule has 1 fully saturated rings. The number of rotatable bonds is 1. The topological polar surface area (TPSA) is 43.4 Å². The number of ketones is 1. The van der Waals surface area contributed by atoms with Crippen molar-refractivity contribution in [1.82, 2.24) is 0 Å². The van der Waals surface area contributed by atoms with E-state index in [0.717, 1.165) is 16.7 Å². The van der Waals surface area contributed by atoms with Crippen molar-refractivity contribution in [2.75, 3.05) is 0 Å². The molecule has 0 bridgehead atoms. The number of carbonyl (C=O) groups excluding carboxylic acids is 2. The van der Waals surface area contributed by atoms with Crippen molar-refractivity contribution >= 4 is 23.4 Å². The van der Waals surface area contributed by atoms with E-state index < -0.39 is 17.5 Å². The molecule has 102 valence electrons. The first-order valence-electron chi connectivity index (χ1n) is 6.20. The fraction of sp³-hybridized carbons (Fsp3) is 0.467. The average molecular weight is 281 g/mol. The normalized spacial score (nSPS) is 21.7. The number of cyclic esters (lactones) is 1. The number of halogens is 1. The molecule has 3 nitrogen and oxygen atoms in total. The van der Waals surface area contributed by atoms with Crippen LogP contribution in [0.2, 0.25) is 5.02 Å². The van der Waals surface area contributed by atoms with Gasteiger partial charge in [-0.2, -0.15) is 0 Å². The Labute approximate surface area is 117 Å². The lowest BCUT2D eigenvalue weighted by atomic mass is 9.84. The van der Waals surface area contributed by atoms with Gasteiger partial charge in [-0.1, -0.05) is 17.7 Å². The van der Waals surface area contributed by atoms with Crippen molar-refractivity contribution in [1.29, 1.82) is 0 Å². The Morgan fingerprint density at radius 1 is 1.16 bits per heavy atom. The van der Waals surface area contributed by atoms with E-state index in [1.54, 1.807) is 13.8 Å². The van der Waals surface area contributed by atoms with Crippen LogP contribution in [0.5, 0.6) is 0 Å². The Kier molecular flexibility index (Phi) is 3.21. The molecule has 1 aliphatic heterocycles. The van der Waals surface area contributed by atoms with Crippen molar-refractivity contribution in [3.05, 3.63) is 33.3 Å². The number of aryl methyl sites for hydroxylation is 2. The predicted octanol–water partition coefficient (Wildman–Crippen LogP) is 3.25. The van der Waals surface area contributed by atoms with Gasteiger partial charge in [0.15, 0.2) is 11.4 Å². The van der Waals surface area contributed by atoms with Gasteiger partial charge in [-0.05, 0) is 56.9 Å². The molecule has 0 spiro atoms. The molecule has 2 rings (SSSR count). The summed E-state index contributed by atoms with van der Waals surface area (Å²) in [5.41, 5.74) is 2.26. The van der Waals surface area contributed by atoms with Crippen LogP contribution in [0.25, 0.3) is 0 Å². The number of carbonyl (C=O) groups is 2. The molecule has 0 saturated carbocycles. The summed E-state index contributed by atoms with van der Waals surface area (Å²) in [4.78, 5) is 24.4. The lowest BCUT2D eigenvalue weighted by Crippen LogP contribution is -2.29. The molecule has 1 unspecified atom stereocenters. The number of ether oxygens (including phenoxy) is 1. The third kappa shape index (κ3) is 2.06. The summed E-state index contributed by atoms with van der Waals surface area (Å²) in [6, 6.07) is 1.90. The molecule has 0 aliphatic carbocycles. The second-order valence-corrected chi connectivity index (χ2v) is 5.97. The minimum atomic E-state index is -1.06. The Morgan fingerprint density at radius 3 is 2.21 bits per heavy atom. The zero-order valence-electron chi connectivity index (χ0n) is 11.8. The van der Waals surface area contributed by atoms with Gasteiger partial charge in [0, 0.05) is 5.02 Å². The van der Waals surface area contributed by atoms with E-state index in [1.165, 1.54) is 0 Å². The zero-order valence-corrected chi connectivity index (χ0v) is 12.5. The third-order valence-electron chi connectivity index (χ3n) is 3.67. The van der Waals surface area contributed by atoms with Gasteiger partial charge in [0.25, 0.3) is 0 Å². The van der Waals surface area contributed by atoms with Crippen LogP contribution in [-0.4, -0.2) is 17.4 Å². The van der Waals surface area contributed by atoms with Gasteiger partial charge in [-0.25, -0.2) is 0 Å². The molecule has 4 heteroatoms. The van der Waals surface area contributed by atoms with Gasteiger partial charge in [-0.3, -0.25) is 9.59 Å². The van der Waals surface area contributed by atoms with Gasteiger partial charge in [-0.15, -0.1) is 0 Å². The van der Waals surface area contributed by atoms with Crippen LogP contribution in [0.3, 0.4) is 0 Å². The molecule has 0 radical (unpaired) electrons. The number of benzene rings is 1. The molecule has 0 amide bonds. The predicted molar refractivity (Wildman–Crippen MR) is 73.6 cm³/mol. The maximum atomic E-state index is 12.3. The highest BCUT2D eigenvalue weighted by atomic mass is 35.5. The van der Waals surface area contributed by atoms with Gasteiger partial charge in [0.1, 0.15) is 5.92 Å². The minimum Gasteiger partial charge on any atom is -0.451 e. The summed E-state index contributed by atoms with van der Waals surface area (Å²) < 4.78 is 5.18. The number of Topliss-reactive ketones (excluding diaryl/α,β-unsaturated/α-hetero) is 1. The highest BCUT2D eigenvalue weighted by molar-refractivity contribution is 6.32. The first-order valence-corrected chi connectivity index (χ1v) is 6.58. The Hall–Kier alpha value is -1.35. The van der Waals surface area contributed by atoms with Crippen molar-refractivity contribution in [2.24, 2.45) is 0 Å². The Morgan fingerprint density at radius 2 is 1.74 bits per heavy atom. The van der Waals surface area contributed by atoms with E-state index in [-0.39, 0.29) is 5.78 Å². The van der Waals surface area contributed by atoms with Crippen LogP contribution in [-0.2, 0) is 14.3 Å². The maximum absolute atomic E-state index is 12.3. The van der Waals surface area contributed by atoms with Gasteiger partial charge in [0.2, 0.25) is 0 Å². The SMILES string of the molecule is Cc1cc(C)c(C2C(=O)OC(C)(C)C2=O)c(C)c1Cl. The van der Waals surface area contributed by atoms with Crippen LogP contribution in [0, 0.1) is 20.8 Å². The van der Waals surface area contributed by atoms with Gasteiger partial charge >= 0.3 is 5.97 Å². The smallest absolute Gasteiger partial charge is 0.322 e. The molecular weight excluding hydrogens is 264 g/mol. The van der Waals surface area contributed by atoms with Gasteiger partial charge in [0.05, 0.1) is 0 Å². The molecule has 0 N–H and O–H groups in total. The van der Waals surface area contributed by atoms with Crippen LogP contribution >= 0.6 is 11.6 Å². The number of hydrogen-bond donors (Lipinski definition) is 0. The van der Waals surface area contributed by atoms with Crippen molar-refractivity contribution in [3.8, 4) is 0 Å². The van der Waals surface area contributed by atoms with E-state index in [1.807, 2.05) is 26.8 Å². The van der Waals surface area contributed by atoms with Crippen LogP contribution in [0.15, 0.2) is 6.07 Å². The Balaban J connectivity index is 2.64. The largest absolute Gasteiger partial charge is 0.451 e. The first kappa shape index (κ1) is 14.1. The molecule has 1 saturated heterocycles. The minimum absolute atomic E-state index is 0.205. The summed E-state index contributed by atoms with van der Waals surface area (Å²) >= 11 is 6.24. The first-order chi connectivity index (χ1) is 8.66. The lowest BCUT2D eigenvalue weighted by molar-refractivity contribution is -0.148. The maximum Gasteiger partial charge on any atom is 0.322 e. The highest BCUT2D eigenvalue weighted by Crippen LogP contribution is 2.39. The van der Waals surface area contributed by atoms with E-state index in [0.29, 0.717) is 10.6 Å². The molecule has 1 atom stereocenters. The number of esters is 1. The lowest BCUT2D eigenvalue weighted by Gasteiger charge is -2.17. The summed E-state index contributed by atoms with van der Waals surface area (Å²) in [6.07, 6.45) is 0. The zero-order chi connectivity index (χ0) is 14.5. The summed E-state index contributed by atoms with van der Waals surface area (Å²) in [6.45, 7) is 8.87. The molecule has 1 aromatic carbocycles. The summed E-state index contributed by atoms with van der Waals surface area (Å²) in [7, 11) is 0. The van der Waals surface area contributed by atoms with Crippen LogP contribution in [0.1, 0.15) is 42.0 Å². The molecule has 0 aromatic heterocycles. The molecule has 1 heterocycles. The average Bonchev–Trinajstić information content (AvgIpc) is 2.48. The molecule has 1 aliphatic rings. The summed E-state index contributed by atoms with van der Waals surface area (Å²) in [5.74, 6) is -1.54. The van der Waals surface area contributed by atoms with Gasteiger partial charge < -0.3 is 4.74 Å². The summed E-state index contributed by atoms with van der Waals surface area (Å²) in [5, 5.41) is 0.603. The van der Waals surface area contributed by atoms with E-state index in [4.69, 9.17) is 16.3 Å². The molecule has 1 aromatic rings. The van der Waals surface area contributed by atoms with E-state index >= 15 is 0 Å². The van der Waals surface area contributed by atoms with Crippen LogP contribution < -0.4 is 0 Å². The monoisotopic (exact) mass is 280 g/mol. The number of hydrogen-bond acceptors (Lipinski definition) is 3. The highest BCUT2D eigenvalue weighted by Gasteiger charge is 2.50. The second kappa shape index (κ2) is 4.34. The third-order valence-corrected chi connectivity index (χ3v) is 4.25. The Bertz CT molecular complexity index is 588. The van der Waals surface area contributed by atoms with Crippen LogP contribution in [0.4, 0.5) is 0 Å².